The molecule has 1 rings (SSSR count). The van der Waals surface area contributed by atoms with Gasteiger partial charge < -0.3 is 24.8 Å². The van der Waals surface area contributed by atoms with Gasteiger partial charge in [0.2, 0.25) is 0 Å². The molecule has 0 unspecified atom stereocenters. The zero-order chi connectivity index (χ0) is 15.5. The Morgan fingerprint density at radius 3 is 2.24 bits per heavy atom. The average molecular weight is 304 g/mol. The van der Waals surface area contributed by atoms with Crippen LogP contribution in [0.3, 0.4) is 0 Å². The second kappa shape index (κ2) is 11.4. The fourth-order valence-corrected chi connectivity index (χ4v) is 2.62. The van der Waals surface area contributed by atoms with Crippen LogP contribution in [0.25, 0.3) is 0 Å². The summed E-state index contributed by atoms with van der Waals surface area (Å²) in [6, 6.07) is 0. The lowest BCUT2D eigenvalue weighted by Gasteiger charge is -2.36. The molecule has 0 bridgehead atoms. The first kappa shape index (κ1) is 18.8. The van der Waals surface area contributed by atoms with Crippen molar-refractivity contribution in [1.82, 2.24) is 0 Å². The lowest BCUT2D eigenvalue weighted by molar-refractivity contribution is -0.256. The molecule has 1 fully saturated rings. The molecule has 0 radical (unpaired) electrons. The molecule has 0 aromatic carbocycles. The number of ether oxygens (including phenoxy) is 2. The van der Waals surface area contributed by atoms with Gasteiger partial charge in [0.05, 0.1) is 12.7 Å². The number of unbranched alkanes of at least 4 members (excludes halogenated alkanes) is 7. The van der Waals surface area contributed by atoms with Gasteiger partial charge in [0.1, 0.15) is 12.2 Å². The van der Waals surface area contributed by atoms with Gasteiger partial charge in [0, 0.05) is 13.0 Å². The molecule has 21 heavy (non-hydrogen) atoms. The van der Waals surface area contributed by atoms with Gasteiger partial charge in [-0.25, -0.2) is 0 Å². The van der Waals surface area contributed by atoms with Crippen LogP contribution >= 0.6 is 0 Å². The van der Waals surface area contributed by atoms with Crippen LogP contribution in [-0.2, 0) is 9.47 Å². The minimum atomic E-state index is -1.03. The zero-order valence-electron chi connectivity index (χ0n) is 13.2. The Labute approximate surface area is 128 Å². The van der Waals surface area contributed by atoms with Crippen molar-refractivity contribution in [2.24, 2.45) is 0 Å². The van der Waals surface area contributed by atoms with E-state index >= 15 is 0 Å². The van der Waals surface area contributed by atoms with E-state index in [2.05, 4.69) is 6.92 Å². The van der Waals surface area contributed by atoms with Crippen LogP contribution < -0.4 is 0 Å². The first-order valence-corrected chi connectivity index (χ1v) is 8.43. The molecule has 0 spiro atoms. The van der Waals surface area contributed by atoms with Crippen LogP contribution in [0, 0.1) is 0 Å². The van der Waals surface area contributed by atoms with E-state index in [1.165, 1.54) is 38.5 Å². The molecule has 5 heteroatoms. The van der Waals surface area contributed by atoms with E-state index in [0.717, 1.165) is 12.8 Å². The Balaban J connectivity index is 2.00. The van der Waals surface area contributed by atoms with E-state index in [-0.39, 0.29) is 13.0 Å². The highest BCUT2D eigenvalue weighted by Crippen LogP contribution is 2.21. The Hall–Kier alpha value is -0.200. The van der Waals surface area contributed by atoms with Crippen molar-refractivity contribution in [1.29, 1.82) is 0 Å². The van der Waals surface area contributed by atoms with Gasteiger partial charge in [0.15, 0.2) is 6.29 Å². The van der Waals surface area contributed by atoms with Crippen molar-refractivity contribution in [3.05, 3.63) is 0 Å². The second-order valence-electron chi connectivity index (χ2n) is 5.93. The van der Waals surface area contributed by atoms with Gasteiger partial charge in [-0.1, -0.05) is 51.9 Å². The lowest BCUT2D eigenvalue weighted by Crippen LogP contribution is -2.50. The predicted molar refractivity (Wildman–Crippen MR) is 80.9 cm³/mol. The summed E-state index contributed by atoms with van der Waals surface area (Å²) in [4.78, 5) is 0. The Bertz CT molecular complexity index is 249. The molecule has 5 nitrogen and oxygen atoms in total. The minimum Gasteiger partial charge on any atom is -0.394 e. The monoisotopic (exact) mass is 304 g/mol. The van der Waals surface area contributed by atoms with Crippen LogP contribution in [0.2, 0.25) is 0 Å². The highest BCUT2D eigenvalue weighted by atomic mass is 16.7. The third-order valence-corrected chi connectivity index (χ3v) is 4.02. The van der Waals surface area contributed by atoms with Gasteiger partial charge in [-0.3, -0.25) is 0 Å². The third kappa shape index (κ3) is 7.56. The second-order valence-corrected chi connectivity index (χ2v) is 5.93. The maximum atomic E-state index is 9.67. The fourth-order valence-electron chi connectivity index (χ4n) is 2.62. The molecule has 0 aliphatic carbocycles. The van der Waals surface area contributed by atoms with Crippen molar-refractivity contribution in [3.8, 4) is 0 Å². The Morgan fingerprint density at radius 2 is 1.62 bits per heavy atom. The number of rotatable bonds is 11. The molecule has 126 valence electrons. The Morgan fingerprint density at radius 1 is 1.00 bits per heavy atom. The van der Waals surface area contributed by atoms with Gasteiger partial charge in [-0.2, -0.15) is 0 Å². The standard InChI is InChI=1S/C16H32O5/c1-2-3-4-5-6-7-8-9-10-20-15-11-13(18)16(19)14(12-17)21-15/h13-19H,2-12H2,1H3/t13-,14-,15-,16+/m1/s1. The maximum Gasteiger partial charge on any atom is 0.160 e. The number of aliphatic hydroxyl groups is 3. The number of hydrogen-bond donors (Lipinski definition) is 3. The summed E-state index contributed by atoms with van der Waals surface area (Å²) < 4.78 is 11.0. The molecule has 0 aromatic rings. The molecule has 0 saturated carbocycles. The molecule has 4 atom stereocenters. The van der Waals surface area contributed by atoms with E-state index in [1.807, 2.05) is 0 Å². The number of aliphatic hydroxyl groups excluding tert-OH is 3. The van der Waals surface area contributed by atoms with Gasteiger partial charge >= 0.3 is 0 Å². The van der Waals surface area contributed by atoms with Crippen LogP contribution in [0.15, 0.2) is 0 Å². The summed E-state index contributed by atoms with van der Waals surface area (Å²) in [5.41, 5.74) is 0. The van der Waals surface area contributed by atoms with Gasteiger partial charge in [0.25, 0.3) is 0 Å². The largest absolute Gasteiger partial charge is 0.394 e. The molecule has 1 heterocycles. The van der Waals surface area contributed by atoms with Gasteiger partial charge in [-0.15, -0.1) is 0 Å². The summed E-state index contributed by atoms with van der Waals surface area (Å²) in [7, 11) is 0. The SMILES string of the molecule is CCCCCCCCCCO[C@H]1C[C@@H](O)[C@H](O)[C@@H](CO)O1. The summed E-state index contributed by atoms with van der Waals surface area (Å²) in [6.07, 6.45) is 7.00. The van der Waals surface area contributed by atoms with Gasteiger partial charge in [-0.05, 0) is 6.42 Å². The smallest absolute Gasteiger partial charge is 0.160 e. The topological polar surface area (TPSA) is 79.2 Å². The van der Waals surface area contributed by atoms with E-state index in [9.17, 15) is 10.2 Å². The van der Waals surface area contributed by atoms with Crippen LogP contribution in [0.1, 0.15) is 64.7 Å². The molecular formula is C16H32O5. The molecule has 1 aliphatic heterocycles. The molecule has 0 aromatic heterocycles. The van der Waals surface area contributed by atoms with Crippen molar-refractivity contribution >= 4 is 0 Å². The summed E-state index contributed by atoms with van der Waals surface area (Å²) in [5.74, 6) is 0. The Kier molecular flexibility index (Phi) is 10.2. The summed E-state index contributed by atoms with van der Waals surface area (Å²) >= 11 is 0. The van der Waals surface area contributed by atoms with E-state index < -0.39 is 24.6 Å². The van der Waals surface area contributed by atoms with Crippen molar-refractivity contribution in [2.45, 2.75) is 89.3 Å². The summed E-state index contributed by atoms with van der Waals surface area (Å²) in [5, 5.41) is 28.3. The van der Waals surface area contributed by atoms with Crippen molar-refractivity contribution in [3.63, 3.8) is 0 Å². The van der Waals surface area contributed by atoms with Crippen molar-refractivity contribution < 1.29 is 24.8 Å². The maximum absolute atomic E-state index is 9.67. The highest BCUT2D eigenvalue weighted by molar-refractivity contribution is 4.82. The molecular weight excluding hydrogens is 272 g/mol. The highest BCUT2D eigenvalue weighted by Gasteiger charge is 2.36. The molecule has 1 saturated heterocycles. The number of hydrogen-bond acceptors (Lipinski definition) is 5. The normalized spacial score (nSPS) is 29.7. The van der Waals surface area contributed by atoms with Crippen LogP contribution in [0.4, 0.5) is 0 Å². The van der Waals surface area contributed by atoms with Crippen LogP contribution in [0.5, 0.6) is 0 Å². The lowest BCUT2D eigenvalue weighted by atomic mass is 10.0. The summed E-state index contributed by atoms with van der Waals surface area (Å²) in [6.45, 7) is 2.51. The first-order chi connectivity index (χ1) is 10.2. The molecule has 3 N–H and O–H groups in total. The van der Waals surface area contributed by atoms with E-state index in [0.29, 0.717) is 6.61 Å². The third-order valence-electron chi connectivity index (χ3n) is 4.02. The minimum absolute atomic E-state index is 0.259. The predicted octanol–water partition coefficient (Wildman–Crippen LogP) is 1.97. The van der Waals surface area contributed by atoms with Crippen molar-refractivity contribution in [2.75, 3.05) is 13.2 Å². The molecule has 1 aliphatic rings. The zero-order valence-corrected chi connectivity index (χ0v) is 13.2. The molecule has 0 amide bonds. The van der Waals surface area contributed by atoms with Crippen LogP contribution in [-0.4, -0.2) is 53.1 Å². The first-order valence-electron chi connectivity index (χ1n) is 8.43. The van der Waals surface area contributed by atoms with E-state index in [1.54, 1.807) is 0 Å². The average Bonchev–Trinajstić information content (AvgIpc) is 2.48. The quantitative estimate of drug-likeness (QED) is 0.509. The van der Waals surface area contributed by atoms with E-state index in [4.69, 9.17) is 14.6 Å². The fraction of sp³-hybridized carbons (Fsp3) is 1.00.